The Labute approximate surface area is 157 Å². The zero-order chi connectivity index (χ0) is 18.1. The van der Waals surface area contributed by atoms with E-state index in [1.165, 1.54) is 11.8 Å². The minimum absolute atomic E-state index is 0.0463. The van der Waals surface area contributed by atoms with E-state index in [0.717, 1.165) is 29.5 Å². The molecule has 1 saturated carbocycles. The molecule has 26 heavy (non-hydrogen) atoms. The highest BCUT2D eigenvalue weighted by Crippen LogP contribution is 2.42. The van der Waals surface area contributed by atoms with Crippen molar-refractivity contribution >= 4 is 17.5 Å². The first-order valence-electron chi connectivity index (χ1n) is 8.77. The Balaban J connectivity index is 1.64. The van der Waals surface area contributed by atoms with Gasteiger partial charge in [-0.1, -0.05) is 59.7 Å². The Bertz CT molecular complexity index is 912. The lowest BCUT2D eigenvalue weighted by Crippen LogP contribution is -2.10. The van der Waals surface area contributed by atoms with Gasteiger partial charge in [0.15, 0.2) is 5.78 Å². The molecule has 1 aliphatic carbocycles. The fourth-order valence-corrected chi connectivity index (χ4v) is 3.71. The maximum Gasteiger partial charge on any atom is 0.277 e. The van der Waals surface area contributed by atoms with Crippen LogP contribution in [0.3, 0.4) is 0 Å². The van der Waals surface area contributed by atoms with Gasteiger partial charge in [-0.3, -0.25) is 4.79 Å². The average molecular weight is 364 g/mol. The van der Waals surface area contributed by atoms with E-state index in [1.807, 2.05) is 62.4 Å². The Hall–Kier alpha value is -2.40. The van der Waals surface area contributed by atoms with Crippen molar-refractivity contribution in [3.05, 3.63) is 76.7 Å². The summed E-state index contributed by atoms with van der Waals surface area (Å²) in [7, 11) is 0. The molecule has 4 nitrogen and oxygen atoms in total. The molecule has 0 unspecified atom stereocenters. The summed E-state index contributed by atoms with van der Waals surface area (Å²) in [6, 6.07) is 15.7. The van der Waals surface area contributed by atoms with Crippen molar-refractivity contribution in [2.45, 2.75) is 43.1 Å². The maximum absolute atomic E-state index is 13.2. The summed E-state index contributed by atoms with van der Waals surface area (Å²) in [5, 5.41) is 8.32. The minimum Gasteiger partial charge on any atom is -0.416 e. The molecule has 0 bridgehead atoms. The normalized spacial score (nSPS) is 15.0. The zero-order valence-electron chi connectivity index (χ0n) is 14.8. The summed E-state index contributed by atoms with van der Waals surface area (Å²) < 4.78 is 5.78. The first-order chi connectivity index (χ1) is 12.6. The highest BCUT2D eigenvalue weighted by Gasteiger charge is 2.31. The van der Waals surface area contributed by atoms with Crippen LogP contribution in [0.4, 0.5) is 0 Å². The van der Waals surface area contributed by atoms with Gasteiger partial charge >= 0.3 is 0 Å². The quantitative estimate of drug-likeness (QED) is 0.440. The molecule has 0 saturated heterocycles. The first kappa shape index (κ1) is 17.0. The number of nitrogens with zero attached hydrogens (tertiary/aromatic N) is 2. The van der Waals surface area contributed by atoms with Crippen LogP contribution in [-0.4, -0.2) is 16.0 Å². The number of thioether (sulfide) groups is 1. The molecular weight excluding hydrogens is 344 g/mol. The van der Waals surface area contributed by atoms with Gasteiger partial charge in [0, 0.05) is 11.5 Å². The number of aryl methyl sites for hydroxylation is 2. The summed E-state index contributed by atoms with van der Waals surface area (Å²) in [5.41, 5.74) is 3.93. The molecular formula is C21H20N2O2S. The predicted octanol–water partition coefficient (Wildman–Crippen LogP) is 5.28. The molecule has 1 aromatic heterocycles. The second-order valence-corrected chi connectivity index (χ2v) is 7.88. The van der Waals surface area contributed by atoms with Crippen molar-refractivity contribution < 1.29 is 9.21 Å². The maximum atomic E-state index is 13.2. The van der Waals surface area contributed by atoms with Crippen LogP contribution in [0.25, 0.3) is 0 Å². The Morgan fingerprint density at radius 2 is 1.62 bits per heavy atom. The molecule has 0 aliphatic heterocycles. The smallest absolute Gasteiger partial charge is 0.277 e. The van der Waals surface area contributed by atoms with Crippen molar-refractivity contribution in [1.29, 1.82) is 0 Å². The van der Waals surface area contributed by atoms with E-state index in [2.05, 4.69) is 10.2 Å². The lowest BCUT2D eigenvalue weighted by Gasteiger charge is -2.14. The minimum atomic E-state index is -0.411. The van der Waals surface area contributed by atoms with Crippen molar-refractivity contribution in [3.63, 3.8) is 0 Å². The summed E-state index contributed by atoms with van der Waals surface area (Å²) in [6.07, 6.45) is 2.21. The second kappa shape index (κ2) is 7.08. The van der Waals surface area contributed by atoms with Crippen LogP contribution in [0, 0.1) is 13.8 Å². The lowest BCUT2D eigenvalue weighted by atomic mass is 10.0. The van der Waals surface area contributed by atoms with E-state index < -0.39 is 5.25 Å². The molecule has 1 aliphatic rings. The summed E-state index contributed by atoms with van der Waals surface area (Å²) in [6.45, 7) is 4.05. The molecule has 1 heterocycles. The molecule has 1 atom stereocenters. The van der Waals surface area contributed by atoms with Crippen LogP contribution in [0.15, 0.2) is 58.2 Å². The molecule has 132 valence electrons. The Morgan fingerprint density at radius 3 is 2.23 bits per heavy atom. The number of Topliss-reactive ketones (excluding diaryl/α,β-unsaturated/α-hetero) is 1. The molecule has 3 aromatic rings. The van der Waals surface area contributed by atoms with E-state index >= 15 is 0 Å². The monoisotopic (exact) mass is 364 g/mol. The summed E-state index contributed by atoms with van der Waals surface area (Å²) >= 11 is 1.33. The summed E-state index contributed by atoms with van der Waals surface area (Å²) in [5.74, 6) is 1.14. The number of hydrogen-bond donors (Lipinski definition) is 0. The number of aromatic nitrogens is 2. The van der Waals surface area contributed by atoms with Crippen molar-refractivity contribution in [1.82, 2.24) is 10.2 Å². The Kier molecular flexibility index (Phi) is 4.64. The van der Waals surface area contributed by atoms with Crippen LogP contribution in [0.5, 0.6) is 0 Å². The van der Waals surface area contributed by atoms with Crippen LogP contribution in [0.2, 0.25) is 0 Å². The largest absolute Gasteiger partial charge is 0.416 e. The molecule has 0 radical (unpaired) electrons. The third-order valence-corrected chi connectivity index (χ3v) is 5.61. The van der Waals surface area contributed by atoms with Gasteiger partial charge < -0.3 is 4.42 Å². The van der Waals surface area contributed by atoms with Gasteiger partial charge in [-0.2, -0.15) is 0 Å². The van der Waals surface area contributed by atoms with Gasteiger partial charge in [0.25, 0.3) is 5.22 Å². The Morgan fingerprint density at radius 1 is 1.00 bits per heavy atom. The molecule has 4 rings (SSSR count). The van der Waals surface area contributed by atoms with Gasteiger partial charge in [0.1, 0.15) is 5.25 Å². The third-order valence-electron chi connectivity index (χ3n) is 4.52. The molecule has 0 N–H and O–H groups in total. The van der Waals surface area contributed by atoms with Gasteiger partial charge in [0.05, 0.1) is 0 Å². The molecule has 0 amide bonds. The highest BCUT2D eigenvalue weighted by atomic mass is 32.2. The van der Waals surface area contributed by atoms with Gasteiger partial charge in [-0.25, -0.2) is 0 Å². The number of hydrogen-bond acceptors (Lipinski definition) is 5. The van der Waals surface area contributed by atoms with Crippen LogP contribution in [-0.2, 0) is 0 Å². The van der Waals surface area contributed by atoms with Crippen LogP contribution in [0.1, 0.15) is 56.9 Å². The predicted molar refractivity (Wildman–Crippen MR) is 102 cm³/mol. The molecule has 5 heteroatoms. The number of carbonyl (C=O) groups excluding carboxylic acids is 1. The average Bonchev–Trinajstić information content (AvgIpc) is 3.40. The van der Waals surface area contributed by atoms with E-state index in [-0.39, 0.29) is 5.78 Å². The lowest BCUT2D eigenvalue weighted by molar-refractivity contribution is 0.0989. The van der Waals surface area contributed by atoms with Crippen molar-refractivity contribution in [3.8, 4) is 0 Å². The summed E-state index contributed by atoms with van der Waals surface area (Å²) in [4.78, 5) is 13.2. The van der Waals surface area contributed by atoms with Crippen LogP contribution >= 0.6 is 11.8 Å². The first-order valence-corrected chi connectivity index (χ1v) is 9.65. The number of benzene rings is 2. The van der Waals surface area contributed by atoms with E-state index in [0.29, 0.717) is 22.6 Å². The number of rotatable bonds is 6. The third kappa shape index (κ3) is 3.73. The number of carbonyl (C=O) groups is 1. The zero-order valence-corrected chi connectivity index (χ0v) is 15.6. The standard InChI is InChI=1S/C21H20N2O2S/c1-13-3-7-15(8-4-13)18(24)19(16-9-5-14(2)6-10-16)26-21-23-22-20(25-21)17-11-12-17/h3-10,17,19H,11-12H2,1-2H3/t19-/m1/s1. The van der Waals surface area contributed by atoms with E-state index in [4.69, 9.17) is 4.42 Å². The van der Waals surface area contributed by atoms with Crippen molar-refractivity contribution in [2.24, 2.45) is 0 Å². The number of ketones is 1. The van der Waals surface area contributed by atoms with Crippen LogP contribution < -0.4 is 0 Å². The fourth-order valence-electron chi connectivity index (χ4n) is 2.75. The topological polar surface area (TPSA) is 56.0 Å². The second-order valence-electron chi connectivity index (χ2n) is 6.82. The van der Waals surface area contributed by atoms with Crippen molar-refractivity contribution in [2.75, 3.05) is 0 Å². The van der Waals surface area contributed by atoms with Gasteiger partial charge in [0.2, 0.25) is 5.89 Å². The molecule has 2 aromatic carbocycles. The van der Waals surface area contributed by atoms with Gasteiger partial charge in [-0.05, 0) is 44.0 Å². The van der Waals surface area contributed by atoms with Gasteiger partial charge in [-0.15, -0.1) is 10.2 Å². The highest BCUT2D eigenvalue weighted by molar-refractivity contribution is 8.00. The molecule has 1 fully saturated rings. The SMILES string of the molecule is Cc1ccc(C(=O)[C@H](Sc2nnc(C3CC3)o2)c2ccc(C)cc2)cc1. The fraction of sp³-hybridized carbons (Fsp3) is 0.286. The molecule has 0 spiro atoms. The van der Waals surface area contributed by atoms with E-state index in [1.54, 1.807) is 0 Å². The van der Waals surface area contributed by atoms with E-state index in [9.17, 15) is 4.79 Å².